The van der Waals surface area contributed by atoms with Crippen molar-refractivity contribution in [2.24, 2.45) is 12.8 Å². The van der Waals surface area contributed by atoms with E-state index in [9.17, 15) is 10.1 Å². The Morgan fingerprint density at radius 2 is 2.04 bits per heavy atom. The van der Waals surface area contributed by atoms with Gasteiger partial charge in [-0.15, -0.1) is 0 Å². The summed E-state index contributed by atoms with van der Waals surface area (Å²) in [5.74, 6) is 0. The number of imidazole rings is 1. The highest BCUT2D eigenvalue weighted by Gasteiger charge is 2.22. The van der Waals surface area contributed by atoms with E-state index in [1.54, 1.807) is 22.2 Å². The second-order valence-corrected chi connectivity index (χ2v) is 7.19. The molecule has 0 spiro atoms. The zero-order valence-electron chi connectivity index (χ0n) is 15.4. The highest BCUT2D eigenvalue weighted by atomic mass is 16.1. The molecule has 1 aliphatic rings. The minimum absolute atomic E-state index is 0.0773. The van der Waals surface area contributed by atoms with Gasteiger partial charge in [0.15, 0.2) is 0 Å². The summed E-state index contributed by atoms with van der Waals surface area (Å²) < 4.78 is 3.46. The van der Waals surface area contributed by atoms with Gasteiger partial charge in [0.1, 0.15) is 0 Å². The van der Waals surface area contributed by atoms with Gasteiger partial charge in [-0.3, -0.25) is 9.13 Å². The quantitative estimate of drug-likeness (QED) is 0.775. The third-order valence-electron chi connectivity index (χ3n) is 5.41. The van der Waals surface area contributed by atoms with Crippen LogP contribution in [-0.2, 0) is 13.6 Å². The largest absolute Gasteiger partial charge is 0.368 e. The van der Waals surface area contributed by atoms with Crippen molar-refractivity contribution in [2.45, 2.75) is 25.4 Å². The Bertz CT molecular complexity index is 1090. The van der Waals surface area contributed by atoms with Gasteiger partial charge in [0.05, 0.1) is 34.9 Å². The highest BCUT2D eigenvalue weighted by Crippen LogP contribution is 2.29. The molecule has 6 nitrogen and oxygen atoms in total. The molecule has 0 amide bonds. The molecule has 4 rings (SSSR count). The Balaban J connectivity index is 1.89. The van der Waals surface area contributed by atoms with E-state index in [-0.39, 0.29) is 11.7 Å². The number of nitriles is 1. The third-order valence-corrected chi connectivity index (χ3v) is 5.41. The minimum atomic E-state index is -0.0773. The summed E-state index contributed by atoms with van der Waals surface area (Å²) in [6.45, 7) is 2.10. The lowest BCUT2D eigenvalue weighted by atomic mass is 10.1. The molecule has 0 unspecified atom stereocenters. The molecule has 1 saturated heterocycles. The van der Waals surface area contributed by atoms with E-state index in [0.29, 0.717) is 12.1 Å². The Labute approximate surface area is 158 Å². The molecule has 1 aliphatic heterocycles. The fourth-order valence-electron chi connectivity index (χ4n) is 4.01. The van der Waals surface area contributed by atoms with E-state index in [0.717, 1.165) is 48.2 Å². The predicted octanol–water partition coefficient (Wildman–Crippen LogP) is 2.19. The van der Waals surface area contributed by atoms with Gasteiger partial charge in [0.2, 0.25) is 0 Å². The minimum Gasteiger partial charge on any atom is -0.368 e. The lowest BCUT2D eigenvalue weighted by Gasteiger charge is -2.33. The van der Waals surface area contributed by atoms with Gasteiger partial charge < -0.3 is 10.6 Å². The smallest absolute Gasteiger partial charge is 0.329 e. The first-order chi connectivity index (χ1) is 13.1. The number of fused-ring (bicyclic) bond motifs is 1. The monoisotopic (exact) mass is 361 g/mol. The fraction of sp³-hybridized carbons (Fsp3) is 0.333. The molecule has 2 aromatic carbocycles. The van der Waals surface area contributed by atoms with Crippen LogP contribution in [0.15, 0.2) is 47.3 Å². The van der Waals surface area contributed by atoms with Crippen LogP contribution >= 0.6 is 0 Å². The molecular weight excluding hydrogens is 338 g/mol. The Morgan fingerprint density at radius 3 is 2.81 bits per heavy atom. The van der Waals surface area contributed by atoms with Crippen LogP contribution in [0.5, 0.6) is 0 Å². The van der Waals surface area contributed by atoms with Crippen molar-refractivity contribution < 1.29 is 0 Å². The highest BCUT2D eigenvalue weighted by molar-refractivity contribution is 5.90. The van der Waals surface area contributed by atoms with Gasteiger partial charge in [0.25, 0.3) is 0 Å². The van der Waals surface area contributed by atoms with Gasteiger partial charge in [-0.2, -0.15) is 5.26 Å². The summed E-state index contributed by atoms with van der Waals surface area (Å²) >= 11 is 0. The number of hydrogen-bond acceptors (Lipinski definition) is 4. The summed E-state index contributed by atoms with van der Waals surface area (Å²) in [5.41, 5.74) is 10.4. The Hall–Kier alpha value is -3.04. The van der Waals surface area contributed by atoms with Gasteiger partial charge in [0, 0.05) is 26.2 Å². The van der Waals surface area contributed by atoms with Crippen molar-refractivity contribution in [2.75, 3.05) is 18.0 Å². The SMILES string of the molecule is Cn1c(=O)n(Cc2ccccc2C#N)c2c(N3CCC[C@@H](N)C3)cccc21. The first kappa shape index (κ1) is 17.4. The number of rotatable bonds is 3. The van der Waals surface area contributed by atoms with Gasteiger partial charge in [-0.05, 0) is 36.6 Å². The number of nitrogens with two attached hydrogens (primary N) is 1. The average Bonchev–Trinajstić information content (AvgIpc) is 2.93. The molecule has 1 aromatic heterocycles. The lowest BCUT2D eigenvalue weighted by molar-refractivity contribution is 0.506. The lowest BCUT2D eigenvalue weighted by Crippen LogP contribution is -2.43. The standard InChI is InChI=1S/C21H23N5O/c1-24-18-9-4-10-19(25-11-5-8-17(23)14-25)20(18)26(21(24)27)13-16-7-3-2-6-15(16)12-22/h2-4,6-7,9-10,17H,5,8,11,13-14,23H2,1H3/t17-/m1/s1. The van der Waals surface area contributed by atoms with E-state index < -0.39 is 0 Å². The van der Waals surface area contributed by atoms with Crippen LogP contribution in [0.1, 0.15) is 24.0 Å². The summed E-state index contributed by atoms with van der Waals surface area (Å²) in [6, 6.07) is 15.8. The van der Waals surface area contributed by atoms with Gasteiger partial charge in [-0.25, -0.2) is 4.79 Å². The molecule has 27 heavy (non-hydrogen) atoms. The first-order valence-electron chi connectivity index (χ1n) is 9.27. The normalized spacial score (nSPS) is 17.2. The molecule has 2 N–H and O–H groups in total. The summed E-state index contributed by atoms with van der Waals surface area (Å²) in [6.07, 6.45) is 2.08. The number of para-hydroxylation sites is 1. The molecule has 0 bridgehead atoms. The van der Waals surface area contributed by atoms with Crippen molar-refractivity contribution in [3.8, 4) is 6.07 Å². The van der Waals surface area contributed by atoms with Gasteiger partial charge in [-0.1, -0.05) is 24.3 Å². The molecule has 0 saturated carbocycles. The number of piperidine rings is 1. The maximum absolute atomic E-state index is 13.0. The summed E-state index contributed by atoms with van der Waals surface area (Å²) in [4.78, 5) is 15.3. The molecule has 0 radical (unpaired) electrons. The first-order valence-corrected chi connectivity index (χ1v) is 9.27. The van der Waals surface area contributed by atoms with Crippen molar-refractivity contribution in [1.29, 1.82) is 5.26 Å². The van der Waals surface area contributed by atoms with E-state index in [1.165, 1.54) is 0 Å². The van der Waals surface area contributed by atoms with Crippen LogP contribution in [0.3, 0.4) is 0 Å². The second-order valence-electron chi connectivity index (χ2n) is 7.19. The molecule has 6 heteroatoms. The van der Waals surface area contributed by atoms with E-state index in [2.05, 4.69) is 17.0 Å². The maximum atomic E-state index is 13.0. The molecule has 138 valence electrons. The summed E-state index contributed by atoms with van der Waals surface area (Å²) in [5, 5.41) is 9.41. The Morgan fingerprint density at radius 1 is 1.22 bits per heavy atom. The zero-order valence-corrected chi connectivity index (χ0v) is 15.4. The molecular formula is C21H23N5O. The Kier molecular flexibility index (Phi) is 4.46. The van der Waals surface area contributed by atoms with Crippen LogP contribution in [0.25, 0.3) is 11.0 Å². The second kappa shape index (κ2) is 6.93. The molecule has 1 atom stereocenters. The van der Waals surface area contributed by atoms with Crippen LogP contribution in [0.2, 0.25) is 0 Å². The molecule has 3 aromatic rings. The van der Waals surface area contributed by atoms with Crippen molar-refractivity contribution in [3.63, 3.8) is 0 Å². The number of aryl methyl sites for hydroxylation is 1. The number of nitrogens with zero attached hydrogens (tertiary/aromatic N) is 4. The van der Waals surface area contributed by atoms with E-state index >= 15 is 0 Å². The van der Waals surface area contributed by atoms with Crippen molar-refractivity contribution in [3.05, 3.63) is 64.1 Å². The zero-order chi connectivity index (χ0) is 19.0. The molecule has 2 heterocycles. The summed E-state index contributed by atoms with van der Waals surface area (Å²) in [7, 11) is 1.79. The number of aromatic nitrogens is 2. The fourth-order valence-corrected chi connectivity index (χ4v) is 4.01. The van der Waals surface area contributed by atoms with Crippen LogP contribution in [0.4, 0.5) is 5.69 Å². The van der Waals surface area contributed by atoms with E-state index in [4.69, 9.17) is 5.73 Å². The molecule has 1 fully saturated rings. The number of anilines is 1. The van der Waals surface area contributed by atoms with Gasteiger partial charge >= 0.3 is 5.69 Å². The topological polar surface area (TPSA) is 80.0 Å². The average molecular weight is 361 g/mol. The van der Waals surface area contributed by atoms with Crippen molar-refractivity contribution in [1.82, 2.24) is 9.13 Å². The predicted molar refractivity (Wildman–Crippen MR) is 107 cm³/mol. The number of hydrogen-bond donors (Lipinski definition) is 1. The van der Waals surface area contributed by atoms with Crippen LogP contribution < -0.4 is 16.3 Å². The maximum Gasteiger partial charge on any atom is 0.329 e. The van der Waals surface area contributed by atoms with E-state index in [1.807, 2.05) is 30.3 Å². The number of benzene rings is 2. The molecule has 0 aliphatic carbocycles. The van der Waals surface area contributed by atoms with Crippen LogP contribution in [0, 0.1) is 11.3 Å². The van der Waals surface area contributed by atoms with Crippen LogP contribution in [-0.4, -0.2) is 28.3 Å². The van der Waals surface area contributed by atoms with Crippen molar-refractivity contribution >= 4 is 16.7 Å². The third kappa shape index (κ3) is 3.00.